The van der Waals surface area contributed by atoms with Crippen molar-refractivity contribution < 1.29 is 4.74 Å². The van der Waals surface area contributed by atoms with Crippen molar-refractivity contribution in [3.05, 3.63) is 28.2 Å². The van der Waals surface area contributed by atoms with E-state index in [-0.39, 0.29) is 0 Å². The van der Waals surface area contributed by atoms with E-state index in [1.165, 1.54) is 5.56 Å². The SMILES string of the molecule is Cc1cc(Br)ccc1OCCCNCC(C)C. The van der Waals surface area contributed by atoms with E-state index in [0.717, 1.165) is 36.3 Å². The molecule has 96 valence electrons. The smallest absolute Gasteiger partial charge is 0.122 e. The van der Waals surface area contributed by atoms with Gasteiger partial charge in [-0.3, -0.25) is 0 Å². The maximum absolute atomic E-state index is 5.74. The summed E-state index contributed by atoms with van der Waals surface area (Å²) >= 11 is 3.45. The first-order valence-corrected chi connectivity index (χ1v) is 6.98. The summed E-state index contributed by atoms with van der Waals surface area (Å²) in [5.41, 5.74) is 1.18. The third kappa shape index (κ3) is 6.08. The van der Waals surface area contributed by atoms with Gasteiger partial charge in [-0.2, -0.15) is 0 Å². The molecule has 0 saturated carbocycles. The lowest BCUT2D eigenvalue weighted by Gasteiger charge is -2.10. The van der Waals surface area contributed by atoms with E-state index in [0.29, 0.717) is 5.92 Å². The zero-order valence-corrected chi connectivity index (χ0v) is 12.5. The first kappa shape index (κ1) is 14.5. The molecule has 1 N–H and O–H groups in total. The van der Waals surface area contributed by atoms with Crippen molar-refractivity contribution in [3.8, 4) is 5.75 Å². The van der Waals surface area contributed by atoms with Crippen LogP contribution in [0.15, 0.2) is 22.7 Å². The van der Waals surface area contributed by atoms with Crippen LogP contribution in [0.4, 0.5) is 0 Å². The van der Waals surface area contributed by atoms with Gasteiger partial charge in [-0.1, -0.05) is 29.8 Å². The molecule has 0 aliphatic carbocycles. The third-order valence-corrected chi connectivity index (χ3v) is 2.94. The molecule has 2 nitrogen and oxygen atoms in total. The van der Waals surface area contributed by atoms with Crippen molar-refractivity contribution in [2.75, 3.05) is 19.7 Å². The number of hydrogen-bond acceptors (Lipinski definition) is 2. The quantitative estimate of drug-likeness (QED) is 0.774. The molecule has 0 fully saturated rings. The molecule has 0 aliphatic heterocycles. The lowest BCUT2D eigenvalue weighted by Crippen LogP contribution is -2.22. The summed E-state index contributed by atoms with van der Waals surface area (Å²) in [5.74, 6) is 1.70. The highest BCUT2D eigenvalue weighted by Gasteiger charge is 1.99. The van der Waals surface area contributed by atoms with E-state index in [1.807, 2.05) is 12.1 Å². The monoisotopic (exact) mass is 299 g/mol. The number of aryl methyl sites for hydroxylation is 1. The van der Waals surface area contributed by atoms with Crippen LogP contribution in [0.5, 0.6) is 5.75 Å². The number of benzene rings is 1. The molecular formula is C14H22BrNO. The Bertz CT molecular complexity index is 339. The van der Waals surface area contributed by atoms with Crippen molar-refractivity contribution in [2.45, 2.75) is 27.2 Å². The van der Waals surface area contributed by atoms with Crippen molar-refractivity contribution in [1.29, 1.82) is 0 Å². The summed E-state index contributed by atoms with van der Waals surface area (Å²) in [6.45, 7) is 9.37. The maximum Gasteiger partial charge on any atom is 0.122 e. The largest absolute Gasteiger partial charge is 0.493 e. The molecule has 0 radical (unpaired) electrons. The van der Waals surface area contributed by atoms with Gasteiger partial charge in [-0.05, 0) is 56.1 Å². The van der Waals surface area contributed by atoms with Gasteiger partial charge >= 0.3 is 0 Å². The third-order valence-electron chi connectivity index (χ3n) is 2.45. The van der Waals surface area contributed by atoms with Gasteiger partial charge in [0.05, 0.1) is 6.61 Å². The Morgan fingerprint density at radius 2 is 2.12 bits per heavy atom. The lowest BCUT2D eigenvalue weighted by atomic mass is 10.2. The topological polar surface area (TPSA) is 21.3 Å². The molecule has 17 heavy (non-hydrogen) atoms. The summed E-state index contributed by atoms with van der Waals surface area (Å²) in [4.78, 5) is 0. The number of ether oxygens (including phenoxy) is 1. The molecule has 1 aromatic rings. The van der Waals surface area contributed by atoms with Crippen molar-refractivity contribution in [3.63, 3.8) is 0 Å². The van der Waals surface area contributed by atoms with Crippen LogP contribution in [-0.4, -0.2) is 19.7 Å². The highest BCUT2D eigenvalue weighted by molar-refractivity contribution is 9.10. The van der Waals surface area contributed by atoms with Crippen LogP contribution in [0.25, 0.3) is 0 Å². The molecule has 0 atom stereocenters. The van der Waals surface area contributed by atoms with Crippen LogP contribution in [0.1, 0.15) is 25.8 Å². The van der Waals surface area contributed by atoms with Gasteiger partial charge in [0, 0.05) is 4.47 Å². The fourth-order valence-electron chi connectivity index (χ4n) is 1.54. The normalized spacial score (nSPS) is 10.9. The van der Waals surface area contributed by atoms with Crippen molar-refractivity contribution in [2.24, 2.45) is 5.92 Å². The minimum absolute atomic E-state index is 0.713. The van der Waals surface area contributed by atoms with Crippen LogP contribution in [0, 0.1) is 12.8 Å². The van der Waals surface area contributed by atoms with Crippen LogP contribution in [0.2, 0.25) is 0 Å². The summed E-state index contributed by atoms with van der Waals surface area (Å²) < 4.78 is 6.84. The van der Waals surface area contributed by atoms with Gasteiger partial charge in [-0.25, -0.2) is 0 Å². The number of hydrogen-bond donors (Lipinski definition) is 1. The molecule has 0 amide bonds. The molecule has 1 rings (SSSR count). The van der Waals surface area contributed by atoms with E-state index in [4.69, 9.17) is 4.74 Å². The molecule has 0 aliphatic rings. The van der Waals surface area contributed by atoms with Gasteiger partial charge in [0.15, 0.2) is 0 Å². The number of halogens is 1. The fraction of sp³-hybridized carbons (Fsp3) is 0.571. The summed E-state index contributed by atoms with van der Waals surface area (Å²) in [6.07, 6.45) is 1.04. The van der Waals surface area contributed by atoms with Crippen molar-refractivity contribution >= 4 is 15.9 Å². The number of rotatable bonds is 7. The fourth-order valence-corrected chi connectivity index (χ4v) is 2.02. The molecule has 0 aromatic heterocycles. The predicted molar refractivity (Wildman–Crippen MR) is 76.7 cm³/mol. The van der Waals surface area contributed by atoms with Crippen molar-refractivity contribution in [1.82, 2.24) is 5.32 Å². The zero-order valence-electron chi connectivity index (χ0n) is 10.9. The van der Waals surface area contributed by atoms with E-state index in [9.17, 15) is 0 Å². The minimum Gasteiger partial charge on any atom is -0.493 e. The average molecular weight is 300 g/mol. The highest BCUT2D eigenvalue weighted by Crippen LogP contribution is 2.22. The van der Waals surface area contributed by atoms with Crippen LogP contribution < -0.4 is 10.1 Å². The molecule has 3 heteroatoms. The summed E-state index contributed by atoms with van der Waals surface area (Å²) in [6, 6.07) is 6.10. The Labute approximate surface area is 113 Å². The maximum atomic E-state index is 5.74. The second-order valence-corrected chi connectivity index (χ2v) is 5.63. The molecule has 0 saturated heterocycles. The molecular weight excluding hydrogens is 278 g/mol. The van der Waals surface area contributed by atoms with Gasteiger partial charge in [0.1, 0.15) is 5.75 Å². The Morgan fingerprint density at radius 1 is 1.35 bits per heavy atom. The second-order valence-electron chi connectivity index (χ2n) is 4.71. The average Bonchev–Trinajstić information content (AvgIpc) is 2.25. The minimum atomic E-state index is 0.713. The predicted octanol–water partition coefficient (Wildman–Crippen LogP) is 3.77. The van der Waals surface area contributed by atoms with Crippen LogP contribution in [0.3, 0.4) is 0 Å². The van der Waals surface area contributed by atoms with Gasteiger partial charge in [0.25, 0.3) is 0 Å². The summed E-state index contributed by atoms with van der Waals surface area (Å²) in [7, 11) is 0. The van der Waals surface area contributed by atoms with Gasteiger partial charge in [0.2, 0.25) is 0 Å². The van der Waals surface area contributed by atoms with E-state index < -0.39 is 0 Å². The number of nitrogens with one attached hydrogen (secondary N) is 1. The lowest BCUT2D eigenvalue weighted by molar-refractivity contribution is 0.305. The van der Waals surface area contributed by atoms with E-state index in [1.54, 1.807) is 0 Å². The van der Waals surface area contributed by atoms with Gasteiger partial charge in [-0.15, -0.1) is 0 Å². The molecule has 1 aromatic carbocycles. The molecule has 0 spiro atoms. The Hall–Kier alpha value is -0.540. The first-order valence-electron chi connectivity index (χ1n) is 6.19. The highest BCUT2D eigenvalue weighted by atomic mass is 79.9. The Kier molecular flexibility index (Phi) is 6.60. The zero-order chi connectivity index (χ0) is 12.7. The Morgan fingerprint density at radius 3 is 2.76 bits per heavy atom. The van der Waals surface area contributed by atoms with Crippen LogP contribution in [-0.2, 0) is 0 Å². The van der Waals surface area contributed by atoms with E-state index in [2.05, 4.69) is 48.1 Å². The molecule has 0 unspecified atom stereocenters. The first-order chi connectivity index (χ1) is 8.09. The van der Waals surface area contributed by atoms with Crippen LogP contribution >= 0.6 is 15.9 Å². The summed E-state index contributed by atoms with van der Waals surface area (Å²) in [5, 5.41) is 3.41. The standard InChI is InChI=1S/C14H22BrNO/c1-11(2)10-16-7-4-8-17-14-6-5-13(15)9-12(14)3/h5-6,9,11,16H,4,7-8,10H2,1-3H3. The van der Waals surface area contributed by atoms with E-state index >= 15 is 0 Å². The Balaban J connectivity index is 2.18. The molecule has 0 bridgehead atoms. The van der Waals surface area contributed by atoms with Gasteiger partial charge < -0.3 is 10.1 Å². The molecule has 0 heterocycles. The second kappa shape index (κ2) is 7.72.